The zero-order chi connectivity index (χ0) is 33.3. The summed E-state index contributed by atoms with van der Waals surface area (Å²) in [5, 5.41) is 4.39. The van der Waals surface area contributed by atoms with E-state index in [1.165, 1.54) is 28.1 Å². The molecule has 0 unspecified atom stereocenters. The Balaban J connectivity index is 1.03. The first-order valence-corrected chi connectivity index (χ1v) is 16.9. The molecule has 0 saturated carbocycles. The van der Waals surface area contributed by atoms with Crippen molar-refractivity contribution in [2.45, 2.75) is 6.92 Å². The number of fused-ring (bicyclic) bond motifs is 7. The number of aryl methyl sites for hydroxylation is 1. The number of hydrogen-bond donors (Lipinski definition) is 0. The summed E-state index contributed by atoms with van der Waals surface area (Å²) in [5.74, 6) is 2.33. The quantitative estimate of drug-likeness (QED) is 0.186. The third kappa shape index (κ3) is 4.53. The average Bonchev–Trinajstić information content (AvgIpc) is 3.80. The van der Waals surface area contributed by atoms with Crippen LogP contribution in [-0.4, -0.2) is 23.3 Å². The molecule has 6 heteroatoms. The highest BCUT2D eigenvalue weighted by Crippen LogP contribution is 2.43. The fraction of sp³-hybridized carbons (Fsp3) is 0.0682. The van der Waals surface area contributed by atoms with Crippen molar-refractivity contribution in [2.75, 3.05) is 23.5 Å². The Morgan fingerprint density at radius 1 is 0.600 bits per heavy atom. The minimum atomic E-state index is 0.754. The molecule has 6 nitrogen and oxygen atoms in total. The Morgan fingerprint density at radius 3 is 2.36 bits per heavy atom. The van der Waals surface area contributed by atoms with Gasteiger partial charge in [0, 0.05) is 58.7 Å². The van der Waals surface area contributed by atoms with Gasteiger partial charge in [0.1, 0.15) is 28.5 Å². The van der Waals surface area contributed by atoms with Crippen LogP contribution in [0.4, 0.5) is 17.1 Å². The second-order valence-corrected chi connectivity index (χ2v) is 13.1. The fourth-order valence-corrected chi connectivity index (χ4v) is 7.47. The minimum Gasteiger partial charge on any atom is -0.457 e. The van der Waals surface area contributed by atoms with E-state index in [1.807, 2.05) is 24.4 Å². The van der Waals surface area contributed by atoms with E-state index in [1.54, 1.807) is 0 Å². The summed E-state index contributed by atoms with van der Waals surface area (Å²) in [6.45, 7) is 2.85. The van der Waals surface area contributed by atoms with Gasteiger partial charge < -0.3 is 19.0 Å². The molecule has 0 bridgehead atoms. The highest BCUT2D eigenvalue weighted by molar-refractivity contribution is 6.10. The lowest BCUT2D eigenvalue weighted by Crippen LogP contribution is -2.23. The minimum absolute atomic E-state index is 0.754. The molecule has 10 rings (SSSR count). The molecule has 6 aromatic carbocycles. The van der Waals surface area contributed by atoms with Crippen molar-refractivity contribution in [3.63, 3.8) is 0 Å². The Bertz CT molecular complexity index is 2760. The molecular formula is C44H32N4O2. The van der Waals surface area contributed by atoms with Gasteiger partial charge in [-0.25, -0.2) is 4.98 Å². The molecular weight excluding hydrogens is 617 g/mol. The third-order valence-electron chi connectivity index (χ3n) is 9.87. The number of rotatable bonds is 5. The van der Waals surface area contributed by atoms with Crippen LogP contribution in [0.1, 0.15) is 5.56 Å². The normalized spacial score (nSPS) is 12.8. The monoisotopic (exact) mass is 648 g/mol. The molecule has 3 aromatic heterocycles. The number of anilines is 3. The van der Waals surface area contributed by atoms with Crippen molar-refractivity contribution in [3.8, 4) is 28.4 Å². The molecule has 9 aromatic rings. The van der Waals surface area contributed by atoms with E-state index in [4.69, 9.17) is 14.1 Å². The lowest BCUT2D eigenvalue weighted by atomic mass is 10.0. The first-order chi connectivity index (χ1) is 24.6. The number of nitrogens with zero attached hydrogens (tertiary/aromatic N) is 4. The van der Waals surface area contributed by atoms with Crippen LogP contribution in [0.15, 0.2) is 150 Å². The molecule has 0 atom stereocenters. The smallest absolute Gasteiger partial charge is 0.141 e. The van der Waals surface area contributed by atoms with Gasteiger partial charge in [-0.2, -0.15) is 0 Å². The second-order valence-electron chi connectivity index (χ2n) is 13.1. The van der Waals surface area contributed by atoms with Gasteiger partial charge in [-0.1, -0.05) is 72.3 Å². The summed E-state index contributed by atoms with van der Waals surface area (Å²) in [6, 6.07) is 48.7. The van der Waals surface area contributed by atoms with Gasteiger partial charge in [-0.15, -0.1) is 0 Å². The van der Waals surface area contributed by atoms with Gasteiger partial charge in [0.15, 0.2) is 0 Å². The third-order valence-corrected chi connectivity index (χ3v) is 9.87. The van der Waals surface area contributed by atoms with Crippen LogP contribution in [0.5, 0.6) is 11.5 Å². The zero-order valence-electron chi connectivity index (χ0n) is 27.7. The predicted octanol–water partition coefficient (Wildman–Crippen LogP) is 11.4. The lowest BCUT2D eigenvalue weighted by molar-refractivity contribution is 0.483. The first kappa shape index (κ1) is 28.5. The van der Waals surface area contributed by atoms with Crippen LogP contribution in [0, 0.1) is 6.92 Å². The van der Waals surface area contributed by atoms with E-state index in [0.29, 0.717) is 0 Å². The van der Waals surface area contributed by atoms with E-state index in [-0.39, 0.29) is 0 Å². The van der Waals surface area contributed by atoms with Gasteiger partial charge in [0.05, 0.1) is 29.1 Å². The number of hydrogen-bond acceptors (Lipinski definition) is 5. The number of pyridine rings is 1. The lowest BCUT2D eigenvalue weighted by Gasteiger charge is -2.20. The maximum Gasteiger partial charge on any atom is 0.141 e. The topological polar surface area (TPSA) is 46.7 Å². The number of para-hydroxylation sites is 1. The van der Waals surface area contributed by atoms with Gasteiger partial charge in [0.25, 0.3) is 0 Å². The van der Waals surface area contributed by atoms with Crippen LogP contribution in [0.2, 0.25) is 0 Å². The van der Waals surface area contributed by atoms with Crippen LogP contribution in [0.3, 0.4) is 0 Å². The molecule has 0 N–H and O–H groups in total. The van der Waals surface area contributed by atoms with Crippen LogP contribution < -0.4 is 14.5 Å². The second kappa shape index (κ2) is 11.0. The summed E-state index contributed by atoms with van der Waals surface area (Å²) in [7, 11) is 2.14. The molecule has 1 aliphatic rings. The molecule has 0 radical (unpaired) electrons. The van der Waals surface area contributed by atoms with E-state index in [9.17, 15) is 0 Å². The largest absolute Gasteiger partial charge is 0.457 e. The van der Waals surface area contributed by atoms with Gasteiger partial charge in [-0.05, 0) is 72.6 Å². The van der Waals surface area contributed by atoms with Crippen molar-refractivity contribution in [1.82, 2.24) is 9.55 Å². The van der Waals surface area contributed by atoms with E-state index in [0.717, 1.165) is 73.4 Å². The Morgan fingerprint density at radius 2 is 1.44 bits per heavy atom. The summed E-state index contributed by atoms with van der Waals surface area (Å²) in [5.41, 5.74) is 10.8. The Hall–Kier alpha value is -6.53. The van der Waals surface area contributed by atoms with Crippen molar-refractivity contribution in [2.24, 2.45) is 0 Å². The van der Waals surface area contributed by atoms with Crippen molar-refractivity contribution in [1.29, 1.82) is 0 Å². The zero-order valence-corrected chi connectivity index (χ0v) is 27.7. The summed E-state index contributed by atoms with van der Waals surface area (Å²) >= 11 is 0. The van der Waals surface area contributed by atoms with Gasteiger partial charge >= 0.3 is 0 Å². The molecule has 50 heavy (non-hydrogen) atoms. The maximum atomic E-state index is 6.61. The highest BCUT2D eigenvalue weighted by atomic mass is 16.5. The standard InChI is InChI=1S/C44H32N4O2/c1-28-15-20-42-36(21-28)37-26-45-44(25-43(37)50-42)48-38-14-7-6-13-34(38)35-18-17-33(24-40(35)48)49-32-12-8-11-31(23-32)47-27-46(2)39-19-16-30(22-41(39)47)29-9-4-3-5-10-29/h3-26H,27H2,1-2H3. The van der Waals surface area contributed by atoms with Crippen molar-refractivity contribution >= 4 is 60.8 Å². The number of furan rings is 1. The number of benzene rings is 6. The predicted molar refractivity (Wildman–Crippen MR) is 204 cm³/mol. The van der Waals surface area contributed by atoms with Gasteiger partial charge in [-0.3, -0.25) is 4.57 Å². The average molecular weight is 649 g/mol. The van der Waals surface area contributed by atoms with E-state index >= 15 is 0 Å². The molecule has 0 fully saturated rings. The molecule has 0 amide bonds. The van der Waals surface area contributed by atoms with E-state index < -0.39 is 0 Å². The SMILES string of the molecule is Cc1ccc2oc3cc(-n4c5ccccc5c5ccc(Oc6cccc(N7CN(C)c8ccc(-c9ccccc9)cc87)c6)cc54)ncc3c2c1. The Labute approximate surface area is 289 Å². The molecule has 4 heterocycles. The fourth-order valence-electron chi connectivity index (χ4n) is 7.47. The van der Waals surface area contributed by atoms with Crippen LogP contribution in [-0.2, 0) is 0 Å². The summed E-state index contributed by atoms with van der Waals surface area (Å²) < 4.78 is 15.1. The van der Waals surface area contributed by atoms with Gasteiger partial charge in [0.2, 0.25) is 0 Å². The molecule has 0 spiro atoms. The summed E-state index contributed by atoms with van der Waals surface area (Å²) in [4.78, 5) is 9.60. The summed E-state index contributed by atoms with van der Waals surface area (Å²) in [6.07, 6.45) is 1.93. The highest BCUT2D eigenvalue weighted by Gasteiger charge is 2.25. The van der Waals surface area contributed by atoms with Crippen LogP contribution in [0.25, 0.3) is 60.7 Å². The Kier molecular flexibility index (Phi) is 6.27. The molecule has 0 saturated heterocycles. The van der Waals surface area contributed by atoms with E-state index in [2.05, 4.69) is 150 Å². The van der Waals surface area contributed by atoms with Crippen LogP contribution >= 0.6 is 0 Å². The van der Waals surface area contributed by atoms with Crippen molar-refractivity contribution < 1.29 is 9.15 Å². The number of ether oxygens (including phenoxy) is 1. The molecule has 1 aliphatic heterocycles. The number of aromatic nitrogens is 2. The molecule has 0 aliphatic carbocycles. The maximum absolute atomic E-state index is 6.61. The molecule has 240 valence electrons. The van der Waals surface area contributed by atoms with Crippen molar-refractivity contribution in [3.05, 3.63) is 151 Å². The first-order valence-electron chi connectivity index (χ1n) is 16.9.